The van der Waals surface area contributed by atoms with Crippen LogP contribution in [0.25, 0.3) is 11.0 Å². The van der Waals surface area contributed by atoms with Crippen LogP contribution in [0.5, 0.6) is 0 Å². The second-order valence-corrected chi connectivity index (χ2v) is 6.08. The van der Waals surface area contributed by atoms with Crippen molar-refractivity contribution in [3.63, 3.8) is 0 Å². The molecule has 23 heavy (non-hydrogen) atoms. The van der Waals surface area contributed by atoms with Gasteiger partial charge in [-0.05, 0) is 32.9 Å². The summed E-state index contributed by atoms with van der Waals surface area (Å²) >= 11 is 0. The predicted octanol–water partition coefficient (Wildman–Crippen LogP) is -0.269. The van der Waals surface area contributed by atoms with Crippen LogP contribution in [0.1, 0.15) is 19.8 Å². The molecular formula is C15H22N6O2. The van der Waals surface area contributed by atoms with Crippen LogP contribution in [0.15, 0.2) is 17.3 Å². The molecule has 0 bridgehead atoms. The minimum Gasteiger partial charge on any atom is -0.353 e. The largest absolute Gasteiger partial charge is 0.353 e. The normalized spacial score (nSPS) is 16.8. The molecule has 0 aromatic carbocycles. The van der Waals surface area contributed by atoms with Crippen molar-refractivity contribution in [3.8, 4) is 0 Å². The van der Waals surface area contributed by atoms with Crippen molar-refractivity contribution in [2.24, 2.45) is 7.05 Å². The number of aromatic nitrogens is 4. The number of rotatable bonds is 5. The quantitative estimate of drug-likeness (QED) is 0.820. The Balaban J connectivity index is 1.61. The molecule has 3 rings (SSSR count). The number of nitrogens with one attached hydrogen (secondary N) is 1. The molecule has 1 N–H and O–H groups in total. The van der Waals surface area contributed by atoms with Crippen LogP contribution in [0.2, 0.25) is 0 Å². The molecular weight excluding hydrogens is 296 g/mol. The second-order valence-electron chi connectivity index (χ2n) is 6.08. The molecule has 1 aliphatic heterocycles. The number of hydrogen-bond acceptors (Lipinski definition) is 5. The summed E-state index contributed by atoms with van der Waals surface area (Å²) in [5, 5.41) is 7.34. The average Bonchev–Trinajstić information content (AvgIpc) is 3.18. The predicted molar refractivity (Wildman–Crippen MR) is 86.0 cm³/mol. The van der Waals surface area contributed by atoms with Crippen LogP contribution < -0.4 is 10.9 Å². The minimum atomic E-state index is -0.245. The number of carbonyl (C=O) groups is 1. The Hall–Kier alpha value is -2.22. The standard InChI is InChI=1S/C15H22N6O2/c1-11(20-5-3-4-6-20)7-16-13(22)9-21-10-17-14-12(15(21)23)8-18-19(14)2/h8,10-11H,3-7,9H2,1-2H3,(H,16,22). The average molecular weight is 318 g/mol. The van der Waals surface area contributed by atoms with Gasteiger partial charge < -0.3 is 5.32 Å². The fourth-order valence-electron chi connectivity index (χ4n) is 2.96. The summed E-state index contributed by atoms with van der Waals surface area (Å²) in [4.78, 5) is 31.0. The molecule has 8 nitrogen and oxygen atoms in total. The molecule has 8 heteroatoms. The molecule has 1 amide bonds. The van der Waals surface area contributed by atoms with Gasteiger partial charge in [0.05, 0.1) is 6.20 Å². The molecule has 3 heterocycles. The molecule has 0 aliphatic carbocycles. The van der Waals surface area contributed by atoms with Crippen LogP contribution in [0, 0.1) is 0 Å². The molecule has 124 valence electrons. The lowest BCUT2D eigenvalue weighted by atomic mass is 10.3. The summed E-state index contributed by atoms with van der Waals surface area (Å²) < 4.78 is 2.86. The number of nitrogens with zero attached hydrogens (tertiary/aromatic N) is 5. The van der Waals surface area contributed by atoms with Crippen molar-refractivity contribution in [3.05, 3.63) is 22.9 Å². The van der Waals surface area contributed by atoms with Crippen molar-refractivity contribution in [2.75, 3.05) is 19.6 Å². The Morgan fingerprint density at radius 3 is 2.87 bits per heavy atom. The molecule has 0 spiro atoms. The first-order chi connectivity index (χ1) is 11.1. The first-order valence-electron chi connectivity index (χ1n) is 7.94. The molecule has 0 radical (unpaired) electrons. The van der Waals surface area contributed by atoms with E-state index in [0.717, 1.165) is 13.1 Å². The van der Waals surface area contributed by atoms with Crippen molar-refractivity contribution in [1.82, 2.24) is 29.5 Å². The van der Waals surface area contributed by atoms with Gasteiger partial charge >= 0.3 is 0 Å². The maximum absolute atomic E-state index is 12.3. The zero-order chi connectivity index (χ0) is 16.4. The van der Waals surface area contributed by atoms with Gasteiger partial charge in [-0.3, -0.25) is 23.7 Å². The van der Waals surface area contributed by atoms with Crippen molar-refractivity contribution >= 4 is 16.9 Å². The SMILES string of the molecule is CC(CNC(=O)Cn1cnc2c(cnn2C)c1=O)N1CCCC1. The lowest BCUT2D eigenvalue weighted by Crippen LogP contribution is -2.42. The highest BCUT2D eigenvalue weighted by atomic mass is 16.2. The van der Waals surface area contributed by atoms with E-state index in [9.17, 15) is 9.59 Å². The van der Waals surface area contributed by atoms with Crippen molar-refractivity contribution < 1.29 is 4.79 Å². The molecule has 0 saturated carbocycles. The number of fused-ring (bicyclic) bond motifs is 1. The third kappa shape index (κ3) is 3.26. The number of likely N-dealkylation sites (tertiary alicyclic amines) is 1. The van der Waals surface area contributed by atoms with Gasteiger partial charge in [-0.15, -0.1) is 0 Å². The van der Waals surface area contributed by atoms with E-state index in [1.807, 2.05) is 0 Å². The lowest BCUT2D eigenvalue weighted by Gasteiger charge is -2.23. The molecule has 1 unspecified atom stereocenters. The van der Waals surface area contributed by atoms with Gasteiger partial charge in [-0.2, -0.15) is 5.10 Å². The van der Waals surface area contributed by atoms with Crippen LogP contribution in [-0.2, 0) is 18.4 Å². The van der Waals surface area contributed by atoms with Crippen LogP contribution in [0.3, 0.4) is 0 Å². The van der Waals surface area contributed by atoms with Gasteiger partial charge in [0.1, 0.15) is 18.3 Å². The van der Waals surface area contributed by atoms with Gasteiger partial charge in [0.2, 0.25) is 5.91 Å². The van der Waals surface area contributed by atoms with E-state index >= 15 is 0 Å². The highest BCUT2D eigenvalue weighted by Gasteiger charge is 2.18. The summed E-state index contributed by atoms with van der Waals surface area (Å²) in [6, 6.07) is 0.317. The molecule has 2 aromatic rings. The topological polar surface area (TPSA) is 85.0 Å². The second kappa shape index (κ2) is 6.49. The van der Waals surface area contributed by atoms with E-state index in [1.54, 1.807) is 11.7 Å². The van der Waals surface area contributed by atoms with Gasteiger partial charge in [-0.25, -0.2) is 4.98 Å². The maximum Gasteiger partial charge on any atom is 0.264 e. The van der Waals surface area contributed by atoms with E-state index in [1.165, 1.54) is 29.9 Å². The maximum atomic E-state index is 12.3. The van der Waals surface area contributed by atoms with E-state index in [0.29, 0.717) is 23.6 Å². The first kappa shape index (κ1) is 15.7. The summed E-state index contributed by atoms with van der Waals surface area (Å²) in [6.45, 7) is 4.87. The Morgan fingerprint density at radius 2 is 2.13 bits per heavy atom. The zero-order valence-electron chi connectivity index (χ0n) is 13.5. The van der Waals surface area contributed by atoms with Crippen molar-refractivity contribution in [2.45, 2.75) is 32.4 Å². The lowest BCUT2D eigenvalue weighted by molar-refractivity contribution is -0.121. The van der Waals surface area contributed by atoms with Crippen LogP contribution in [0.4, 0.5) is 0 Å². The smallest absolute Gasteiger partial charge is 0.264 e. The van der Waals surface area contributed by atoms with E-state index < -0.39 is 0 Å². The highest BCUT2D eigenvalue weighted by Crippen LogP contribution is 2.10. The molecule has 1 fully saturated rings. The van der Waals surface area contributed by atoms with Gasteiger partial charge in [0.25, 0.3) is 5.56 Å². The van der Waals surface area contributed by atoms with E-state index in [-0.39, 0.29) is 18.0 Å². The Bertz CT molecular complexity index is 759. The number of hydrogen-bond donors (Lipinski definition) is 1. The molecule has 1 atom stereocenters. The Morgan fingerprint density at radius 1 is 1.39 bits per heavy atom. The fraction of sp³-hybridized carbons (Fsp3) is 0.600. The number of carbonyl (C=O) groups excluding carboxylic acids is 1. The molecule has 1 saturated heterocycles. The molecule has 2 aromatic heterocycles. The third-order valence-electron chi connectivity index (χ3n) is 4.39. The number of amides is 1. The first-order valence-corrected chi connectivity index (χ1v) is 7.94. The summed E-state index contributed by atoms with van der Waals surface area (Å²) in [6.07, 6.45) is 5.33. The Kier molecular flexibility index (Phi) is 4.42. The van der Waals surface area contributed by atoms with Crippen LogP contribution >= 0.6 is 0 Å². The molecule has 1 aliphatic rings. The minimum absolute atomic E-state index is 0.0244. The van der Waals surface area contributed by atoms with Gasteiger partial charge in [0, 0.05) is 19.6 Å². The van der Waals surface area contributed by atoms with Crippen LogP contribution in [-0.4, -0.2) is 55.8 Å². The van der Waals surface area contributed by atoms with Gasteiger partial charge in [-0.1, -0.05) is 0 Å². The highest BCUT2D eigenvalue weighted by molar-refractivity contribution is 5.77. The summed E-state index contributed by atoms with van der Waals surface area (Å²) in [7, 11) is 1.73. The summed E-state index contributed by atoms with van der Waals surface area (Å²) in [5.41, 5.74) is 0.278. The van der Waals surface area contributed by atoms with Crippen molar-refractivity contribution in [1.29, 1.82) is 0 Å². The Labute approximate surface area is 134 Å². The zero-order valence-corrected chi connectivity index (χ0v) is 13.5. The fourth-order valence-corrected chi connectivity index (χ4v) is 2.96. The van der Waals surface area contributed by atoms with E-state index in [4.69, 9.17) is 0 Å². The number of aryl methyl sites for hydroxylation is 1. The van der Waals surface area contributed by atoms with E-state index in [2.05, 4.69) is 27.2 Å². The van der Waals surface area contributed by atoms with Gasteiger partial charge in [0.15, 0.2) is 5.65 Å². The third-order valence-corrected chi connectivity index (χ3v) is 4.39. The summed E-state index contributed by atoms with van der Waals surface area (Å²) in [5.74, 6) is -0.178. The monoisotopic (exact) mass is 318 g/mol.